The average Bonchev–Trinajstić information content (AvgIpc) is 2.67. The lowest BCUT2D eigenvalue weighted by Crippen LogP contribution is -2.23. The number of hydrogen-bond donors (Lipinski definition) is 2. The van der Waals surface area contributed by atoms with E-state index >= 15 is 0 Å². The van der Waals surface area contributed by atoms with Crippen molar-refractivity contribution in [1.29, 1.82) is 0 Å². The van der Waals surface area contributed by atoms with E-state index in [1.165, 1.54) is 0 Å². The molecule has 6 nitrogen and oxygen atoms in total. The monoisotopic (exact) mass is 229 g/mol. The number of nitrogens with zero attached hydrogens (tertiary/aromatic N) is 2. The Morgan fingerprint density at radius 1 is 1.56 bits per heavy atom. The van der Waals surface area contributed by atoms with Crippen LogP contribution >= 0.6 is 0 Å². The Hall–Kier alpha value is -0.980. The van der Waals surface area contributed by atoms with Crippen molar-refractivity contribution >= 4 is 0 Å². The smallest absolute Gasteiger partial charge is 0.255 e. The van der Waals surface area contributed by atoms with Gasteiger partial charge >= 0.3 is 0 Å². The largest absolute Gasteiger partial charge is 0.383 e. The zero-order valence-corrected chi connectivity index (χ0v) is 9.93. The molecule has 0 saturated carbocycles. The SMILES string of the molecule is CCOC(C)(C)c1noc([C@@H](O)CCN)n1. The summed E-state index contributed by atoms with van der Waals surface area (Å²) in [4.78, 5) is 4.11. The summed E-state index contributed by atoms with van der Waals surface area (Å²) < 4.78 is 10.4. The van der Waals surface area contributed by atoms with E-state index in [1.807, 2.05) is 20.8 Å². The summed E-state index contributed by atoms with van der Waals surface area (Å²) in [5, 5.41) is 13.4. The van der Waals surface area contributed by atoms with Crippen LogP contribution in [-0.4, -0.2) is 28.4 Å². The van der Waals surface area contributed by atoms with Gasteiger partial charge in [0.05, 0.1) is 0 Å². The second-order valence-corrected chi connectivity index (χ2v) is 3.99. The molecule has 92 valence electrons. The minimum absolute atomic E-state index is 0.188. The maximum atomic E-state index is 9.61. The quantitative estimate of drug-likeness (QED) is 0.746. The van der Waals surface area contributed by atoms with Crippen LogP contribution in [0.5, 0.6) is 0 Å². The van der Waals surface area contributed by atoms with Crippen molar-refractivity contribution in [2.45, 2.75) is 38.9 Å². The van der Waals surface area contributed by atoms with Gasteiger partial charge in [-0.25, -0.2) is 0 Å². The normalized spacial score (nSPS) is 14.1. The Morgan fingerprint density at radius 2 is 2.25 bits per heavy atom. The zero-order chi connectivity index (χ0) is 12.2. The molecule has 0 bridgehead atoms. The molecule has 0 aliphatic rings. The first-order valence-corrected chi connectivity index (χ1v) is 5.37. The topological polar surface area (TPSA) is 94.4 Å². The van der Waals surface area contributed by atoms with Gasteiger partial charge < -0.3 is 20.1 Å². The molecule has 1 heterocycles. The van der Waals surface area contributed by atoms with Crippen LogP contribution in [0, 0.1) is 0 Å². The summed E-state index contributed by atoms with van der Waals surface area (Å²) in [6, 6.07) is 0. The minimum Gasteiger partial charge on any atom is -0.383 e. The van der Waals surface area contributed by atoms with Crippen molar-refractivity contribution < 1.29 is 14.4 Å². The first-order chi connectivity index (χ1) is 7.51. The van der Waals surface area contributed by atoms with Gasteiger partial charge in [-0.3, -0.25) is 0 Å². The van der Waals surface area contributed by atoms with Crippen LogP contribution in [0.15, 0.2) is 4.52 Å². The number of aromatic nitrogens is 2. The lowest BCUT2D eigenvalue weighted by atomic mass is 10.1. The van der Waals surface area contributed by atoms with E-state index in [9.17, 15) is 5.11 Å². The number of nitrogens with two attached hydrogens (primary N) is 1. The molecule has 0 aromatic carbocycles. The molecule has 0 unspecified atom stereocenters. The Labute approximate surface area is 94.8 Å². The third-order valence-electron chi connectivity index (χ3n) is 2.21. The first kappa shape index (κ1) is 13.1. The van der Waals surface area contributed by atoms with E-state index in [1.54, 1.807) is 0 Å². The number of ether oxygens (including phenoxy) is 1. The summed E-state index contributed by atoms with van der Waals surface area (Å²) in [6.07, 6.45) is -0.403. The lowest BCUT2D eigenvalue weighted by molar-refractivity contribution is -0.0221. The molecule has 0 spiro atoms. The Bertz CT molecular complexity index is 325. The average molecular weight is 229 g/mol. The van der Waals surface area contributed by atoms with Crippen molar-refractivity contribution in [2.24, 2.45) is 5.73 Å². The maximum Gasteiger partial charge on any atom is 0.255 e. The number of rotatable bonds is 6. The minimum atomic E-state index is -0.802. The van der Waals surface area contributed by atoms with E-state index in [0.29, 0.717) is 25.4 Å². The van der Waals surface area contributed by atoms with Crippen molar-refractivity contribution in [2.75, 3.05) is 13.2 Å². The molecule has 0 aliphatic heterocycles. The molecule has 0 amide bonds. The second-order valence-electron chi connectivity index (χ2n) is 3.99. The van der Waals surface area contributed by atoms with Crippen molar-refractivity contribution in [3.05, 3.63) is 11.7 Å². The molecule has 0 aliphatic carbocycles. The highest BCUT2D eigenvalue weighted by atomic mass is 16.5. The third kappa shape index (κ3) is 3.01. The molecule has 0 fully saturated rings. The molecule has 1 rings (SSSR count). The molecular formula is C10H19N3O3. The van der Waals surface area contributed by atoms with Gasteiger partial charge in [-0.15, -0.1) is 0 Å². The third-order valence-corrected chi connectivity index (χ3v) is 2.21. The van der Waals surface area contributed by atoms with Crippen LogP contribution < -0.4 is 5.73 Å². The molecule has 1 aromatic rings. The highest BCUT2D eigenvalue weighted by molar-refractivity contribution is 4.98. The standard InChI is InChI=1S/C10H19N3O3/c1-4-15-10(2,3)9-12-8(16-13-9)7(14)5-6-11/h7,14H,4-6,11H2,1-3H3/t7-/m0/s1. The summed E-state index contributed by atoms with van der Waals surface area (Å²) in [5.41, 5.74) is 4.72. The van der Waals surface area contributed by atoms with Crippen molar-refractivity contribution in [3.63, 3.8) is 0 Å². The number of aliphatic hydroxyl groups is 1. The van der Waals surface area contributed by atoms with Gasteiger partial charge in [0.2, 0.25) is 5.82 Å². The molecule has 3 N–H and O–H groups in total. The predicted molar refractivity (Wildman–Crippen MR) is 57.6 cm³/mol. The van der Waals surface area contributed by atoms with Gasteiger partial charge in [-0.2, -0.15) is 4.98 Å². The van der Waals surface area contributed by atoms with Gasteiger partial charge in [-0.1, -0.05) is 5.16 Å². The van der Waals surface area contributed by atoms with E-state index in [4.69, 9.17) is 15.0 Å². The second kappa shape index (κ2) is 5.38. The summed E-state index contributed by atoms with van der Waals surface area (Å²) in [7, 11) is 0. The molecule has 1 aromatic heterocycles. The number of hydrogen-bond acceptors (Lipinski definition) is 6. The Morgan fingerprint density at radius 3 is 2.81 bits per heavy atom. The Kier molecular flexibility index (Phi) is 4.40. The summed E-state index contributed by atoms with van der Waals surface area (Å²) in [5.74, 6) is 0.619. The van der Waals surface area contributed by atoms with Gasteiger partial charge in [0.15, 0.2) is 0 Å². The number of aliphatic hydroxyl groups excluding tert-OH is 1. The zero-order valence-electron chi connectivity index (χ0n) is 9.93. The van der Waals surface area contributed by atoms with E-state index in [0.717, 1.165) is 0 Å². The van der Waals surface area contributed by atoms with Crippen molar-refractivity contribution in [1.82, 2.24) is 10.1 Å². The molecule has 1 atom stereocenters. The van der Waals surface area contributed by atoms with Crippen LogP contribution in [0.4, 0.5) is 0 Å². The lowest BCUT2D eigenvalue weighted by Gasteiger charge is -2.19. The van der Waals surface area contributed by atoms with Gasteiger partial charge in [0.1, 0.15) is 11.7 Å². The van der Waals surface area contributed by atoms with Gasteiger partial charge in [-0.05, 0) is 33.7 Å². The Balaban J connectivity index is 2.78. The summed E-state index contributed by atoms with van der Waals surface area (Å²) >= 11 is 0. The predicted octanol–water partition coefficient (Wildman–Crippen LogP) is 0.723. The van der Waals surface area contributed by atoms with E-state index in [2.05, 4.69) is 10.1 Å². The van der Waals surface area contributed by atoms with Gasteiger partial charge in [0.25, 0.3) is 5.89 Å². The van der Waals surface area contributed by atoms with Gasteiger partial charge in [0, 0.05) is 6.61 Å². The highest BCUT2D eigenvalue weighted by Gasteiger charge is 2.28. The fourth-order valence-corrected chi connectivity index (χ4v) is 1.32. The first-order valence-electron chi connectivity index (χ1n) is 5.37. The molecule has 0 radical (unpaired) electrons. The molecule has 6 heteroatoms. The molecular weight excluding hydrogens is 210 g/mol. The van der Waals surface area contributed by atoms with E-state index < -0.39 is 11.7 Å². The van der Waals surface area contributed by atoms with Crippen molar-refractivity contribution in [3.8, 4) is 0 Å². The van der Waals surface area contributed by atoms with Crippen LogP contribution in [-0.2, 0) is 10.3 Å². The van der Waals surface area contributed by atoms with Crippen LogP contribution in [0.25, 0.3) is 0 Å². The van der Waals surface area contributed by atoms with Crippen LogP contribution in [0.2, 0.25) is 0 Å². The summed E-state index contributed by atoms with van der Waals surface area (Å²) in [6.45, 7) is 6.52. The van der Waals surface area contributed by atoms with Crippen LogP contribution in [0.1, 0.15) is 45.0 Å². The molecule has 0 saturated heterocycles. The van der Waals surface area contributed by atoms with E-state index in [-0.39, 0.29) is 5.89 Å². The maximum absolute atomic E-state index is 9.61. The highest BCUT2D eigenvalue weighted by Crippen LogP contribution is 2.23. The fourth-order valence-electron chi connectivity index (χ4n) is 1.32. The fraction of sp³-hybridized carbons (Fsp3) is 0.800. The van der Waals surface area contributed by atoms with Crippen LogP contribution in [0.3, 0.4) is 0 Å². The molecule has 16 heavy (non-hydrogen) atoms.